The SMILES string of the molecule is CCn1nc(CCCOC(=O)c2ccc(C)cc2O)c2c1C(=O)NCC1(CCOCC1)C2. The van der Waals surface area contributed by atoms with Gasteiger partial charge in [-0.3, -0.25) is 9.48 Å². The number of phenols is 1. The number of fused-ring (bicyclic) bond motifs is 1. The second kappa shape index (κ2) is 9.32. The standard InChI is InChI=1S/C24H31N3O5/c1-3-27-21-18(14-24(15-25-22(21)29)8-11-31-12-9-24)19(26-27)5-4-10-32-23(30)17-7-6-16(2)13-20(17)28/h6-7,13,28H,3-5,8-12,14-15H2,1-2H3,(H,25,29). The van der Waals surface area contributed by atoms with Gasteiger partial charge in [-0.05, 0) is 69.1 Å². The summed E-state index contributed by atoms with van der Waals surface area (Å²) >= 11 is 0. The highest BCUT2D eigenvalue weighted by atomic mass is 16.5. The molecule has 8 heteroatoms. The number of aryl methyl sites for hydroxylation is 3. The molecule has 8 nitrogen and oxygen atoms in total. The fourth-order valence-corrected chi connectivity index (χ4v) is 4.66. The molecule has 1 amide bonds. The molecule has 1 aromatic carbocycles. The van der Waals surface area contributed by atoms with Gasteiger partial charge in [0, 0.05) is 31.9 Å². The van der Waals surface area contributed by atoms with Crippen molar-refractivity contribution in [2.75, 3.05) is 26.4 Å². The lowest BCUT2D eigenvalue weighted by atomic mass is 9.75. The Bertz CT molecular complexity index is 1010. The van der Waals surface area contributed by atoms with Crippen LogP contribution in [0.2, 0.25) is 0 Å². The molecule has 32 heavy (non-hydrogen) atoms. The lowest BCUT2D eigenvalue weighted by Crippen LogP contribution is -2.40. The number of aromatic hydroxyl groups is 1. The van der Waals surface area contributed by atoms with Crippen LogP contribution in [-0.4, -0.2) is 53.1 Å². The van der Waals surface area contributed by atoms with Crippen LogP contribution < -0.4 is 5.32 Å². The lowest BCUT2D eigenvalue weighted by Gasteiger charge is -2.36. The van der Waals surface area contributed by atoms with Gasteiger partial charge in [-0.25, -0.2) is 4.79 Å². The smallest absolute Gasteiger partial charge is 0.341 e. The van der Waals surface area contributed by atoms with Gasteiger partial charge in [0.25, 0.3) is 5.91 Å². The van der Waals surface area contributed by atoms with Gasteiger partial charge in [0.2, 0.25) is 0 Å². The van der Waals surface area contributed by atoms with Crippen LogP contribution >= 0.6 is 0 Å². The molecular weight excluding hydrogens is 410 g/mol. The molecule has 2 aliphatic rings. The minimum absolute atomic E-state index is 0.00491. The topological polar surface area (TPSA) is 103 Å². The second-order valence-corrected chi connectivity index (χ2v) is 8.82. The number of carbonyl (C=O) groups is 2. The highest BCUT2D eigenvalue weighted by molar-refractivity contribution is 5.95. The Morgan fingerprint density at radius 3 is 2.84 bits per heavy atom. The Morgan fingerprint density at radius 2 is 2.12 bits per heavy atom. The maximum Gasteiger partial charge on any atom is 0.341 e. The van der Waals surface area contributed by atoms with Crippen molar-refractivity contribution in [2.45, 2.75) is 52.5 Å². The Morgan fingerprint density at radius 1 is 1.34 bits per heavy atom. The van der Waals surface area contributed by atoms with Gasteiger partial charge in [0.05, 0.1) is 12.3 Å². The van der Waals surface area contributed by atoms with Gasteiger partial charge in [0.1, 0.15) is 17.0 Å². The maximum absolute atomic E-state index is 12.9. The van der Waals surface area contributed by atoms with E-state index in [1.807, 2.05) is 13.8 Å². The molecule has 1 spiro atoms. The van der Waals surface area contributed by atoms with Crippen LogP contribution in [-0.2, 0) is 28.9 Å². The molecule has 2 N–H and O–H groups in total. The summed E-state index contributed by atoms with van der Waals surface area (Å²) in [6, 6.07) is 4.88. The van der Waals surface area contributed by atoms with Gasteiger partial charge in [-0.1, -0.05) is 6.07 Å². The molecule has 172 valence electrons. The van der Waals surface area contributed by atoms with Crippen LogP contribution in [0.5, 0.6) is 5.75 Å². The fraction of sp³-hybridized carbons (Fsp3) is 0.542. The van der Waals surface area contributed by atoms with Crippen LogP contribution in [0.15, 0.2) is 18.2 Å². The second-order valence-electron chi connectivity index (χ2n) is 8.82. The number of carbonyl (C=O) groups excluding carboxylic acids is 2. The summed E-state index contributed by atoms with van der Waals surface area (Å²) in [7, 11) is 0. The summed E-state index contributed by atoms with van der Waals surface area (Å²) in [5.74, 6) is -0.680. The number of benzene rings is 1. The highest BCUT2D eigenvalue weighted by Crippen LogP contribution is 2.37. The lowest BCUT2D eigenvalue weighted by molar-refractivity contribution is 0.0160. The quantitative estimate of drug-likeness (QED) is 0.528. The number of aromatic nitrogens is 2. The monoisotopic (exact) mass is 441 g/mol. The predicted octanol–water partition coefficient (Wildman–Crippen LogP) is 2.79. The third kappa shape index (κ3) is 4.50. The van der Waals surface area contributed by atoms with Crippen LogP contribution in [0.25, 0.3) is 0 Å². The number of hydrogen-bond acceptors (Lipinski definition) is 6. The summed E-state index contributed by atoms with van der Waals surface area (Å²) in [4.78, 5) is 25.2. The Balaban J connectivity index is 1.45. The number of rotatable bonds is 6. The van der Waals surface area contributed by atoms with Gasteiger partial charge >= 0.3 is 5.97 Å². The molecule has 1 fully saturated rings. The first-order valence-corrected chi connectivity index (χ1v) is 11.3. The van der Waals surface area contributed by atoms with E-state index in [-0.39, 0.29) is 29.2 Å². The van der Waals surface area contributed by atoms with E-state index in [0.29, 0.717) is 44.8 Å². The van der Waals surface area contributed by atoms with E-state index in [4.69, 9.17) is 14.6 Å². The third-order valence-corrected chi connectivity index (χ3v) is 6.54. The summed E-state index contributed by atoms with van der Waals surface area (Å²) < 4.78 is 12.7. The van der Waals surface area contributed by atoms with Crippen molar-refractivity contribution in [3.8, 4) is 5.75 Å². The zero-order chi connectivity index (χ0) is 22.7. The molecule has 0 aliphatic carbocycles. The first kappa shape index (κ1) is 22.3. The number of nitrogens with zero attached hydrogens (tertiary/aromatic N) is 2. The highest BCUT2D eigenvalue weighted by Gasteiger charge is 2.39. The van der Waals surface area contributed by atoms with E-state index in [9.17, 15) is 14.7 Å². The zero-order valence-corrected chi connectivity index (χ0v) is 18.8. The number of phenolic OH excluding ortho intramolecular Hbond substituents is 1. The van der Waals surface area contributed by atoms with Crippen molar-refractivity contribution >= 4 is 11.9 Å². The van der Waals surface area contributed by atoms with Gasteiger partial charge in [0.15, 0.2) is 0 Å². The Labute approximate surface area is 187 Å². The summed E-state index contributed by atoms with van der Waals surface area (Å²) in [5.41, 5.74) is 3.62. The van der Waals surface area contributed by atoms with Gasteiger partial charge < -0.3 is 19.9 Å². The first-order valence-electron chi connectivity index (χ1n) is 11.3. The molecule has 2 aromatic rings. The minimum Gasteiger partial charge on any atom is -0.507 e. The normalized spacial score (nSPS) is 17.5. The number of ether oxygens (including phenoxy) is 2. The van der Waals surface area contributed by atoms with Gasteiger partial charge in [-0.2, -0.15) is 5.10 Å². The molecule has 0 bridgehead atoms. The van der Waals surface area contributed by atoms with Crippen LogP contribution in [0.1, 0.15) is 63.9 Å². The fourth-order valence-electron chi connectivity index (χ4n) is 4.66. The van der Waals surface area contributed by atoms with Crippen molar-refractivity contribution in [3.05, 3.63) is 46.3 Å². The van der Waals surface area contributed by atoms with Crippen molar-refractivity contribution in [1.82, 2.24) is 15.1 Å². The number of nitrogens with one attached hydrogen (secondary N) is 1. The van der Waals surface area contributed by atoms with E-state index < -0.39 is 5.97 Å². The average molecular weight is 442 g/mol. The molecule has 3 heterocycles. The molecule has 0 atom stereocenters. The average Bonchev–Trinajstić information content (AvgIpc) is 3.05. The summed E-state index contributed by atoms with van der Waals surface area (Å²) in [5, 5.41) is 17.8. The van der Waals surface area contributed by atoms with Crippen LogP contribution in [0.4, 0.5) is 0 Å². The van der Waals surface area contributed by atoms with E-state index in [1.165, 1.54) is 0 Å². The van der Waals surface area contributed by atoms with Gasteiger partial charge in [-0.15, -0.1) is 0 Å². The molecule has 0 saturated carbocycles. The van der Waals surface area contributed by atoms with Crippen molar-refractivity contribution in [2.24, 2.45) is 5.41 Å². The maximum atomic E-state index is 12.9. The third-order valence-electron chi connectivity index (χ3n) is 6.54. The molecular formula is C24H31N3O5. The van der Waals surface area contributed by atoms with E-state index in [2.05, 4.69) is 5.32 Å². The first-order chi connectivity index (χ1) is 15.4. The number of hydrogen-bond donors (Lipinski definition) is 2. The predicted molar refractivity (Wildman–Crippen MR) is 118 cm³/mol. The largest absolute Gasteiger partial charge is 0.507 e. The zero-order valence-electron chi connectivity index (χ0n) is 18.8. The molecule has 0 unspecified atom stereocenters. The molecule has 2 aliphatic heterocycles. The van der Waals surface area contributed by atoms with Crippen LogP contribution in [0.3, 0.4) is 0 Å². The number of amides is 1. The van der Waals surface area contributed by atoms with Crippen molar-refractivity contribution in [3.63, 3.8) is 0 Å². The Hall–Kier alpha value is -2.87. The summed E-state index contributed by atoms with van der Waals surface area (Å²) in [6.45, 7) is 6.74. The van der Waals surface area contributed by atoms with E-state index in [1.54, 1.807) is 22.9 Å². The minimum atomic E-state index is -0.541. The van der Waals surface area contributed by atoms with Crippen molar-refractivity contribution in [1.29, 1.82) is 0 Å². The molecule has 4 rings (SSSR count). The molecule has 1 aromatic heterocycles. The van der Waals surface area contributed by atoms with E-state index in [0.717, 1.165) is 36.1 Å². The van der Waals surface area contributed by atoms with E-state index >= 15 is 0 Å². The summed E-state index contributed by atoms with van der Waals surface area (Å²) in [6.07, 6.45) is 3.84. The number of esters is 1. The Kier molecular flexibility index (Phi) is 6.50. The van der Waals surface area contributed by atoms with Crippen molar-refractivity contribution < 1.29 is 24.2 Å². The molecule has 0 radical (unpaired) electrons. The molecule has 1 saturated heterocycles. The van der Waals surface area contributed by atoms with Crippen LogP contribution in [0, 0.1) is 12.3 Å².